The summed E-state index contributed by atoms with van der Waals surface area (Å²) in [6.45, 7) is 3.38. The lowest BCUT2D eigenvalue weighted by atomic mass is 10.2. The minimum atomic E-state index is -3.43. The van der Waals surface area contributed by atoms with E-state index in [0.29, 0.717) is 6.42 Å². The summed E-state index contributed by atoms with van der Waals surface area (Å²) in [5.41, 5.74) is -0.102. The Morgan fingerprint density at radius 1 is 1.47 bits per heavy atom. The molecule has 1 unspecified atom stereocenters. The summed E-state index contributed by atoms with van der Waals surface area (Å²) in [4.78, 5) is 10.8. The fraction of sp³-hybridized carbons (Fsp3) is 0.364. The first kappa shape index (κ1) is 14.0. The van der Waals surface area contributed by atoms with E-state index >= 15 is 0 Å². The first-order valence-electron chi connectivity index (χ1n) is 5.07. The second kappa shape index (κ2) is 5.06. The van der Waals surface area contributed by atoms with Crippen molar-refractivity contribution >= 4 is 27.4 Å². The maximum absolute atomic E-state index is 12.0. The van der Waals surface area contributed by atoms with Crippen LogP contribution in [0.25, 0.3) is 0 Å². The maximum Gasteiger partial charge on any atom is 0.337 e. The molecule has 4 nitrogen and oxygen atoms in total. The minimum Gasteiger partial charge on any atom is -0.478 e. The first-order chi connectivity index (χ1) is 7.80. The van der Waals surface area contributed by atoms with Gasteiger partial charge in [-0.2, -0.15) is 0 Å². The SMILES string of the molecule is CCC(C)S(=O)(=O)c1ccc(C(=O)O)c(Cl)c1. The summed E-state index contributed by atoms with van der Waals surface area (Å²) >= 11 is 5.73. The van der Waals surface area contributed by atoms with Crippen LogP contribution in [-0.4, -0.2) is 24.7 Å². The molecule has 0 saturated heterocycles. The van der Waals surface area contributed by atoms with Gasteiger partial charge in [0, 0.05) is 0 Å². The topological polar surface area (TPSA) is 71.4 Å². The predicted octanol–water partition coefficient (Wildman–Crippen LogP) is 2.61. The van der Waals surface area contributed by atoms with Gasteiger partial charge in [0.05, 0.1) is 20.7 Å². The summed E-state index contributed by atoms with van der Waals surface area (Å²) in [6.07, 6.45) is 0.487. The van der Waals surface area contributed by atoms with Gasteiger partial charge in [0.15, 0.2) is 9.84 Å². The molecular weight excluding hydrogens is 264 g/mol. The van der Waals surface area contributed by atoms with Crippen LogP contribution in [0.5, 0.6) is 0 Å². The van der Waals surface area contributed by atoms with E-state index in [1.807, 2.05) is 0 Å². The van der Waals surface area contributed by atoms with E-state index < -0.39 is 21.1 Å². The molecule has 1 aromatic rings. The Morgan fingerprint density at radius 3 is 2.47 bits per heavy atom. The van der Waals surface area contributed by atoms with Crippen molar-refractivity contribution in [3.05, 3.63) is 28.8 Å². The third-order valence-electron chi connectivity index (χ3n) is 2.60. The van der Waals surface area contributed by atoms with Crippen molar-refractivity contribution in [2.75, 3.05) is 0 Å². The Balaban J connectivity index is 3.28. The predicted molar refractivity (Wildman–Crippen MR) is 65.4 cm³/mol. The highest BCUT2D eigenvalue weighted by Crippen LogP contribution is 2.24. The summed E-state index contributed by atoms with van der Waals surface area (Å²) in [7, 11) is -3.43. The molecule has 6 heteroatoms. The van der Waals surface area contributed by atoms with Crippen molar-refractivity contribution in [2.24, 2.45) is 0 Å². The molecular formula is C11H13ClO4S. The van der Waals surface area contributed by atoms with Crippen LogP contribution in [0.4, 0.5) is 0 Å². The van der Waals surface area contributed by atoms with Crippen LogP contribution < -0.4 is 0 Å². The number of halogens is 1. The van der Waals surface area contributed by atoms with Gasteiger partial charge in [-0.3, -0.25) is 0 Å². The number of aromatic carboxylic acids is 1. The molecule has 0 heterocycles. The number of carboxylic acid groups (broad SMARTS) is 1. The zero-order valence-electron chi connectivity index (χ0n) is 9.47. The summed E-state index contributed by atoms with van der Waals surface area (Å²) in [6, 6.07) is 3.67. The highest BCUT2D eigenvalue weighted by Gasteiger charge is 2.23. The van der Waals surface area contributed by atoms with Gasteiger partial charge in [-0.15, -0.1) is 0 Å². The Morgan fingerprint density at radius 2 is 2.06 bits per heavy atom. The second-order valence-electron chi connectivity index (χ2n) is 3.71. The summed E-state index contributed by atoms with van der Waals surface area (Å²) < 4.78 is 24.0. The molecule has 1 aromatic carbocycles. The lowest BCUT2D eigenvalue weighted by Gasteiger charge is -2.11. The van der Waals surface area contributed by atoms with Crippen molar-refractivity contribution in [3.63, 3.8) is 0 Å². The average molecular weight is 277 g/mol. The van der Waals surface area contributed by atoms with E-state index in [4.69, 9.17) is 16.7 Å². The molecule has 0 fully saturated rings. The van der Waals surface area contributed by atoms with Crippen molar-refractivity contribution in [1.82, 2.24) is 0 Å². The van der Waals surface area contributed by atoms with E-state index in [2.05, 4.69) is 0 Å². The quantitative estimate of drug-likeness (QED) is 0.917. The van der Waals surface area contributed by atoms with Crippen molar-refractivity contribution in [2.45, 2.75) is 30.4 Å². The standard InChI is InChI=1S/C11H13ClO4S/c1-3-7(2)17(15,16)8-4-5-9(11(13)14)10(12)6-8/h4-7H,3H2,1-2H3,(H,13,14). The monoisotopic (exact) mass is 276 g/mol. The Labute approximate surface area is 105 Å². The molecule has 1 rings (SSSR count). The minimum absolute atomic E-state index is 0.0573. The van der Waals surface area contributed by atoms with Crippen LogP contribution in [0.3, 0.4) is 0 Å². The Hall–Kier alpha value is -1.07. The number of hydrogen-bond acceptors (Lipinski definition) is 3. The van der Waals surface area contributed by atoms with Crippen LogP contribution in [0, 0.1) is 0 Å². The van der Waals surface area contributed by atoms with Gasteiger partial charge >= 0.3 is 5.97 Å². The largest absolute Gasteiger partial charge is 0.478 e. The fourth-order valence-corrected chi connectivity index (χ4v) is 3.07. The Bertz CT molecular complexity index is 536. The molecule has 1 N–H and O–H groups in total. The number of sulfone groups is 1. The van der Waals surface area contributed by atoms with Crippen LogP contribution >= 0.6 is 11.6 Å². The molecule has 0 saturated carbocycles. The highest BCUT2D eigenvalue weighted by molar-refractivity contribution is 7.92. The van der Waals surface area contributed by atoms with Gasteiger partial charge in [-0.1, -0.05) is 18.5 Å². The van der Waals surface area contributed by atoms with Crippen LogP contribution in [0.2, 0.25) is 5.02 Å². The number of rotatable bonds is 4. The van der Waals surface area contributed by atoms with Gasteiger partial charge < -0.3 is 5.11 Å². The van der Waals surface area contributed by atoms with E-state index in [1.54, 1.807) is 13.8 Å². The number of benzene rings is 1. The number of carboxylic acids is 1. The molecule has 0 aliphatic heterocycles. The maximum atomic E-state index is 12.0. The van der Waals surface area contributed by atoms with E-state index in [-0.39, 0.29) is 15.5 Å². The van der Waals surface area contributed by atoms with E-state index in [1.165, 1.54) is 18.2 Å². The van der Waals surface area contributed by atoms with E-state index in [0.717, 1.165) is 0 Å². The van der Waals surface area contributed by atoms with Crippen LogP contribution in [0.15, 0.2) is 23.1 Å². The fourth-order valence-electron chi connectivity index (χ4n) is 1.30. The van der Waals surface area contributed by atoms with Crippen LogP contribution in [-0.2, 0) is 9.84 Å². The van der Waals surface area contributed by atoms with Gasteiger partial charge in [0.25, 0.3) is 0 Å². The molecule has 0 spiro atoms. The first-order valence-corrected chi connectivity index (χ1v) is 6.99. The molecule has 94 valence electrons. The normalized spacial score (nSPS) is 13.4. The third kappa shape index (κ3) is 2.79. The zero-order valence-corrected chi connectivity index (χ0v) is 11.0. The van der Waals surface area contributed by atoms with Gasteiger partial charge in [0.2, 0.25) is 0 Å². The smallest absolute Gasteiger partial charge is 0.337 e. The molecule has 0 amide bonds. The third-order valence-corrected chi connectivity index (χ3v) is 5.22. The van der Waals surface area contributed by atoms with E-state index in [9.17, 15) is 13.2 Å². The molecule has 0 radical (unpaired) electrons. The van der Waals surface area contributed by atoms with Gasteiger partial charge in [-0.25, -0.2) is 13.2 Å². The average Bonchev–Trinajstić information content (AvgIpc) is 2.27. The molecule has 0 aliphatic rings. The number of hydrogen-bond donors (Lipinski definition) is 1. The molecule has 17 heavy (non-hydrogen) atoms. The second-order valence-corrected chi connectivity index (χ2v) is 6.48. The lowest BCUT2D eigenvalue weighted by molar-refractivity contribution is 0.0697. The summed E-state index contributed by atoms with van der Waals surface area (Å²) in [5.74, 6) is -1.18. The number of carbonyl (C=O) groups is 1. The molecule has 0 bridgehead atoms. The Kier molecular flexibility index (Phi) is 4.16. The molecule has 0 aromatic heterocycles. The van der Waals surface area contributed by atoms with Gasteiger partial charge in [0.1, 0.15) is 0 Å². The summed E-state index contributed by atoms with van der Waals surface area (Å²) in [5, 5.41) is 8.19. The lowest BCUT2D eigenvalue weighted by Crippen LogP contribution is -2.17. The van der Waals surface area contributed by atoms with Crippen molar-refractivity contribution in [3.8, 4) is 0 Å². The van der Waals surface area contributed by atoms with Gasteiger partial charge in [-0.05, 0) is 31.5 Å². The van der Waals surface area contributed by atoms with Crippen LogP contribution in [0.1, 0.15) is 30.6 Å². The molecule has 0 aliphatic carbocycles. The van der Waals surface area contributed by atoms with Crippen molar-refractivity contribution < 1.29 is 18.3 Å². The van der Waals surface area contributed by atoms with Crippen molar-refractivity contribution in [1.29, 1.82) is 0 Å². The zero-order chi connectivity index (χ0) is 13.2. The molecule has 1 atom stereocenters. The highest BCUT2D eigenvalue weighted by atomic mass is 35.5.